The van der Waals surface area contributed by atoms with Crippen molar-refractivity contribution in [1.29, 1.82) is 0 Å². The van der Waals surface area contributed by atoms with E-state index in [2.05, 4.69) is 17.1 Å². The third kappa shape index (κ3) is 3.09. The number of allylic oxidation sites excluding steroid dienone is 1. The number of carbonyl (C=O) groups excluding carboxylic acids is 1. The van der Waals surface area contributed by atoms with Gasteiger partial charge < -0.3 is 9.90 Å². The number of aromatic nitrogens is 1. The van der Waals surface area contributed by atoms with E-state index in [-0.39, 0.29) is 5.56 Å². The lowest BCUT2D eigenvalue weighted by Gasteiger charge is -2.17. The average Bonchev–Trinajstić information content (AvgIpc) is 2.30. The quantitative estimate of drug-likeness (QED) is 0.767. The molecule has 0 unspecified atom stereocenters. The molecule has 0 amide bonds. The SMILES string of the molecule is Cc1ccc(C(=O)[O-])c(S[C@H]2C=CCCC2)n1. The van der Waals surface area contributed by atoms with Crippen molar-refractivity contribution >= 4 is 17.7 Å². The van der Waals surface area contributed by atoms with Crippen LogP contribution < -0.4 is 5.11 Å². The van der Waals surface area contributed by atoms with E-state index >= 15 is 0 Å². The third-order valence-electron chi connectivity index (χ3n) is 2.69. The summed E-state index contributed by atoms with van der Waals surface area (Å²) in [5.74, 6) is -1.15. The van der Waals surface area contributed by atoms with Gasteiger partial charge in [0.2, 0.25) is 0 Å². The zero-order valence-corrected chi connectivity index (χ0v) is 10.5. The lowest BCUT2D eigenvalue weighted by Crippen LogP contribution is -2.23. The number of hydrogen-bond donors (Lipinski definition) is 0. The van der Waals surface area contributed by atoms with Crippen LogP contribution in [0.4, 0.5) is 0 Å². The van der Waals surface area contributed by atoms with Crippen LogP contribution in [-0.4, -0.2) is 16.2 Å². The molecule has 0 fully saturated rings. The van der Waals surface area contributed by atoms with Crippen LogP contribution >= 0.6 is 11.8 Å². The minimum atomic E-state index is -1.15. The Labute approximate surface area is 105 Å². The number of aryl methyl sites for hydroxylation is 1. The molecule has 0 spiro atoms. The Kier molecular flexibility index (Phi) is 3.84. The maximum Gasteiger partial charge on any atom is 0.106 e. The van der Waals surface area contributed by atoms with E-state index in [4.69, 9.17) is 0 Å². The van der Waals surface area contributed by atoms with Crippen molar-refractivity contribution in [3.05, 3.63) is 35.5 Å². The molecule has 0 bridgehead atoms. The fourth-order valence-electron chi connectivity index (χ4n) is 1.80. The van der Waals surface area contributed by atoms with Gasteiger partial charge >= 0.3 is 0 Å². The first-order chi connectivity index (χ1) is 8.16. The first-order valence-electron chi connectivity index (χ1n) is 5.69. The molecule has 1 aromatic rings. The molecular formula is C13H14NO2S-. The van der Waals surface area contributed by atoms with Crippen molar-refractivity contribution in [3.8, 4) is 0 Å². The zero-order chi connectivity index (χ0) is 12.3. The van der Waals surface area contributed by atoms with E-state index in [1.54, 1.807) is 12.1 Å². The van der Waals surface area contributed by atoms with Gasteiger partial charge in [-0.3, -0.25) is 0 Å². The molecule has 1 aliphatic carbocycles. The van der Waals surface area contributed by atoms with E-state index in [0.717, 1.165) is 25.0 Å². The van der Waals surface area contributed by atoms with E-state index < -0.39 is 5.97 Å². The van der Waals surface area contributed by atoms with Gasteiger partial charge in [0.25, 0.3) is 0 Å². The molecule has 1 atom stereocenters. The van der Waals surface area contributed by atoms with E-state index in [1.165, 1.54) is 11.8 Å². The summed E-state index contributed by atoms with van der Waals surface area (Å²) < 4.78 is 0. The number of carboxylic acids is 1. The van der Waals surface area contributed by atoms with Crippen LogP contribution in [0.25, 0.3) is 0 Å². The van der Waals surface area contributed by atoms with Crippen molar-refractivity contribution in [2.24, 2.45) is 0 Å². The number of aromatic carboxylic acids is 1. The number of hydrogen-bond acceptors (Lipinski definition) is 4. The Morgan fingerprint density at radius 1 is 1.53 bits per heavy atom. The second kappa shape index (κ2) is 5.36. The van der Waals surface area contributed by atoms with Crippen LogP contribution in [0.1, 0.15) is 35.3 Å². The molecule has 1 heterocycles. The lowest BCUT2D eigenvalue weighted by molar-refractivity contribution is -0.255. The molecule has 0 saturated carbocycles. The van der Waals surface area contributed by atoms with Gasteiger partial charge in [-0.1, -0.05) is 23.9 Å². The van der Waals surface area contributed by atoms with Gasteiger partial charge in [-0.2, -0.15) is 0 Å². The minimum absolute atomic E-state index is 0.194. The van der Waals surface area contributed by atoms with Crippen molar-refractivity contribution in [2.75, 3.05) is 0 Å². The number of nitrogens with zero attached hydrogens (tertiary/aromatic N) is 1. The highest BCUT2D eigenvalue weighted by Gasteiger charge is 2.14. The number of thioether (sulfide) groups is 1. The van der Waals surface area contributed by atoms with Crippen LogP contribution in [0, 0.1) is 6.92 Å². The van der Waals surface area contributed by atoms with Gasteiger partial charge in [-0.25, -0.2) is 4.98 Å². The highest BCUT2D eigenvalue weighted by molar-refractivity contribution is 8.00. The molecule has 17 heavy (non-hydrogen) atoms. The summed E-state index contributed by atoms with van der Waals surface area (Å²) in [4.78, 5) is 15.3. The molecule has 2 rings (SSSR count). The van der Waals surface area contributed by atoms with Crippen LogP contribution in [-0.2, 0) is 0 Å². The summed E-state index contributed by atoms with van der Waals surface area (Å²) in [6, 6.07) is 3.28. The van der Waals surface area contributed by atoms with Gasteiger partial charge in [-0.05, 0) is 38.3 Å². The highest BCUT2D eigenvalue weighted by atomic mass is 32.2. The molecule has 0 aliphatic heterocycles. The fourth-order valence-corrected chi connectivity index (χ4v) is 3.04. The van der Waals surface area contributed by atoms with E-state index in [0.29, 0.717) is 10.3 Å². The molecule has 0 radical (unpaired) electrons. The van der Waals surface area contributed by atoms with Gasteiger partial charge in [0, 0.05) is 16.5 Å². The highest BCUT2D eigenvalue weighted by Crippen LogP contribution is 2.31. The Bertz CT molecular complexity index is 457. The largest absolute Gasteiger partial charge is 0.545 e. The topological polar surface area (TPSA) is 53.0 Å². The number of carbonyl (C=O) groups is 1. The maximum atomic E-state index is 11.0. The number of rotatable bonds is 3. The molecule has 90 valence electrons. The Hall–Kier alpha value is -1.29. The monoisotopic (exact) mass is 248 g/mol. The normalized spacial score (nSPS) is 19.2. The van der Waals surface area contributed by atoms with E-state index in [1.807, 2.05) is 6.92 Å². The van der Waals surface area contributed by atoms with Crippen molar-refractivity contribution in [1.82, 2.24) is 4.98 Å². The van der Waals surface area contributed by atoms with Crippen LogP contribution in [0.15, 0.2) is 29.3 Å². The predicted octanol–water partition coefficient (Wildman–Crippen LogP) is 1.95. The predicted molar refractivity (Wildman–Crippen MR) is 65.9 cm³/mol. The molecule has 1 aliphatic rings. The number of carboxylic acid groups (broad SMARTS) is 1. The van der Waals surface area contributed by atoms with Crippen LogP contribution in [0.3, 0.4) is 0 Å². The molecule has 0 N–H and O–H groups in total. The van der Waals surface area contributed by atoms with E-state index in [9.17, 15) is 9.90 Å². The van der Waals surface area contributed by atoms with Gasteiger partial charge in [0.15, 0.2) is 0 Å². The fraction of sp³-hybridized carbons (Fsp3) is 0.385. The first-order valence-corrected chi connectivity index (χ1v) is 6.57. The van der Waals surface area contributed by atoms with Gasteiger partial charge in [0.05, 0.1) is 5.97 Å². The second-order valence-electron chi connectivity index (χ2n) is 4.11. The summed E-state index contributed by atoms with van der Waals surface area (Å²) in [7, 11) is 0. The molecule has 0 saturated heterocycles. The number of pyridine rings is 1. The van der Waals surface area contributed by atoms with Crippen molar-refractivity contribution in [3.63, 3.8) is 0 Å². The molecule has 0 aromatic carbocycles. The Morgan fingerprint density at radius 2 is 2.35 bits per heavy atom. The Morgan fingerprint density at radius 3 is 3.00 bits per heavy atom. The minimum Gasteiger partial charge on any atom is -0.545 e. The van der Waals surface area contributed by atoms with Gasteiger partial charge in [0.1, 0.15) is 5.03 Å². The molecule has 3 nitrogen and oxygen atoms in total. The Balaban J connectivity index is 2.23. The van der Waals surface area contributed by atoms with Crippen LogP contribution in [0.5, 0.6) is 0 Å². The summed E-state index contributed by atoms with van der Waals surface area (Å²) in [6.07, 6.45) is 7.63. The third-order valence-corrected chi connectivity index (χ3v) is 3.92. The van der Waals surface area contributed by atoms with Crippen molar-refractivity contribution < 1.29 is 9.90 Å². The molecule has 4 heteroatoms. The molecule has 1 aromatic heterocycles. The first kappa shape index (κ1) is 12.2. The summed E-state index contributed by atoms with van der Waals surface area (Å²) in [5.41, 5.74) is 1.02. The summed E-state index contributed by atoms with van der Waals surface area (Å²) in [5, 5.41) is 11.9. The maximum absolute atomic E-state index is 11.0. The summed E-state index contributed by atoms with van der Waals surface area (Å²) in [6.45, 7) is 1.86. The van der Waals surface area contributed by atoms with Crippen molar-refractivity contribution in [2.45, 2.75) is 36.5 Å². The smallest absolute Gasteiger partial charge is 0.106 e. The average molecular weight is 248 g/mol. The molecular weight excluding hydrogens is 234 g/mol. The van der Waals surface area contributed by atoms with Gasteiger partial charge in [-0.15, -0.1) is 0 Å². The standard InChI is InChI=1S/C13H15NO2S/c1-9-7-8-11(13(15)16)12(14-9)17-10-5-3-2-4-6-10/h3,5,7-8,10H,2,4,6H2,1H3,(H,15,16)/p-1/t10-/m0/s1. The second-order valence-corrected chi connectivity index (χ2v) is 5.34. The zero-order valence-electron chi connectivity index (χ0n) is 9.68. The lowest BCUT2D eigenvalue weighted by atomic mass is 10.1. The van der Waals surface area contributed by atoms with Crippen LogP contribution in [0.2, 0.25) is 0 Å². The summed E-state index contributed by atoms with van der Waals surface area (Å²) >= 11 is 1.51.